The Kier molecular flexibility index (Phi) is 4.61. The SMILES string of the molecule is CC#CCOC(=O)Nc1cnn(Cc2c(C)noc2C)c1. The number of hydrogen-bond acceptors (Lipinski definition) is 5. The van der Waals surface area contributed by atoms with Gasteiger partial charge in [-0.3, -0.25) is 10.00 Å². The summed E-state index contributed by atoms with van der Waals surface area (Å²) in [4.78, 5) is 11.5. The van der Waals surface area contributed by atoms with Crippen molar-refractivity contribution in [3.05, 3.63) is 29.4 Å². The highest BCUT2D eigenvalue weighted by Crippen LogP contribution is 2.15. The van der Waals surface area contributed by atoms with Crippen LogP contribution in [0.15, 0.2) is 16.9 Å². The molecule has 0 aliphatic heterocycles. The van der Waals surface area contributed by atoms with Crippen LogP contribution in [0.1, 0.15) is 23.9 Å². The maximum atomic E-state index is 11.5. The van der Waals surface area contributed by atoms with Crippen molar-refractivity contribution < 1.29 is 14.1 Å². The number of carbonyl (C=O) groups is 1. The van der Waals surface area contributed by atoms with Crippen molar-refractivity contribution in [1.82, 2.24) is 14.9 Å². The van der Waals surface area contributed by atoms with Crippen LogP contribution in [-0.2, 0) is 11.3 Å². The lowest BCUT2D eigenvalue weighted by Crippen LogP contribution is -2.13. The molecule has 7 heteroatoms. The molecule has 0 aliphatic rings. The van der Waals surface area contributed by atoms with E-state index < -0.39 is 6.09 Å². The third-order valence-corrected chi connectivity index (χ3v) is 2.83. The Balaban J connectivity index is 1.95. The number of nitrogens with one attached hydrogen (secondary N) is 1. The van der Waals surface area contributed by atoms with Crippen molar-refractivity contribution in [2.24, 2.45) is 0 Å². The predicted octanol–water partition coefficient (Wildman–Crippen LogP) is 2.11. The third kappa shape index (κ3) is 3.86. The summed E-state index contributed by atoms with van der Waals surface area (Å²) in [5, 5.41) is 10.6. The normalized spacial score (nSPS) is 9.86. The smallest absolute Gasteiger partial charge is 0.412 e. The van der Waals surface area contributed by atoms with Gasteiger partial charge in [-0.25, -0.2) is 4.79 Å². The number of rotatable bonds is 4. The number of aryl methyl sites for hydroxylation is 2. The number of amides is 1. The van der Waals surface area contributed by atoms with E-state index in [4.69, 9.17) is 9.26 Å². The first-order chi connectivity index (χ1) is 10.1. The molecule has 2 rings (SSSR count). The Labute approximate surface area is 122 Å². The summed E-state index contributed by atoms with van der Waals surface area (Å²) in [5.41, 5.74) is 2.36. The Morgan fingerprint density at radius 1 is 1.52 bits per heavy atom. The van der Waals surface area contributed by atoms with Gasteiger partial charge >= 0.3 is 6.09 Å². The second-order valence-electron chi connectivity index (χ2n) is 4.36. The van der Waals surface area contributed by atoms with Crippen molar-refractivity contribution in [3.8, 4) is 11.8 Å². The second kappa shape index (κ2) is 6.61. The maximum absolute atomic E-state index is 11.5. The highest BCUT2D eigenvalue weighted by atomic mass is 16.5. The van der Waals surface area contributed by atoms with Gasteiger partial charge < -0.3 is 9.26 Å². The summed E-state index contributed by atoms with van der Waals surface area (Å²) < 4.78 is 11.6. The van der Waals surface area contributed by atoms with Crippen LogP contribution in [0.2, 0.25) is 0 Å². The molecule has 0 aliphatic carbocycles. The second-order valence-corrected chi connectivity index (χ2v) is 4.36. The molecule has 0 aromatic carbocycles. The standard InChI is InChI=1S/C14H16N4O3/c1-4-5-6-20-14(19)16-12-7-15-18(8-12)9-13-10(2)17-21-11(13)3/h7-8H,6,9H2,1-3H3,(H,16,19). The van der Waals surface area contributed by atoms with E-state index in [1.807, 2.05) is 13.8 Å². The van der Waals surface area contributed by atoms with Crippen molar-refractivity contribution in [2.75, 3.05) is 11.9 Å². The number of anilines is 1. The molecule has 1 amide bonds. The zero-order chi connectivity index (χ0) is 15.2. The Hall–Kier alpha value is -2.75. The van der Waals surface area contributed by atoms with Gasteiger partial charge in [-0.15, -0.1) is 5.92 Å². The van der Waals surface area contributed by atoms with Gasteiger partial charge in [0.1, 0.15) is 5.76 Å². The fraction of sp³-hybridized carbons (Fsp3) is 0.357. The van der Waals surface area contributed by atoms with E-state index in [1.54, 1.807) is 24.0 Å². The predicted molar refractivity (Wildman–Crippen MR) is 75.7 cm³/mol. The lowest BCUT2D eigenvalue weighted by Gasteiger charge is -2.02. The molecule has 0 saturated heterocycles. The van der Waals surface area contributed by atoms with E-state index in [2.05, 4.69) is 27.4 Å². The molecule has 0 spiro atoms. The summed E-state index contributed by atoms with van der Waals surface area (Å²) in [7, 11) is 0. The molecule has 0 radical (unpaired) electrons. The summed E-state index contributed by atoms with van der Waals surface area (Å²) in [5.74, 6) is 6.04. The van der Waals surface area contributed by atoms with Gasteiger partial charge in [0.2, 0.25) is 0 Å². The van der Waals surface area contributed by atoms with E-state index >= 15 is 0 Å². The number of ether oxygens (including phenoxy) is 1. The monoisotopic (exact) mass is 288 g/mol. The molecule has 0 fully saturated rings. The first-order valence-electron chi connectivity index (χ1n) is 6.37. The molecule has 21 heavy (non-hydrogen) atoms. The van der Waals surface area contributed by atoms with Crippen LogP contribution in [0.4, 0.5) is 10.5 Å². The summed E-state index contributed by atoms with van der Waals surface area (Å²) in [6.45, 7) is 6.00. The molecule has 2 aromatic rings. The minimum atomic E-state index is -0.561. The summed E-state index contributed by atoms with van der Waals surface area (Å²) in [6, 6.07) is 0. The first-order valence-corrected chi connectivity index (χ1v) is 6.37. The molecule has 0 bridgehead atoms. The van der Waals surface area contributed by atoms with Crippen LogP contribution in [0.3, 0.4) is 0 Å². The summed E-state index contributed by atoms with van der Waals surface area (Å²) >= 11 is 0. The number of carbonyl (C=O) groups excluding carboxylic acids is 1. The zero-order valence-corrected chi connectivity index (χ0v) is 12.1. The van der Waals surface area contributed by atoms with Crippen molar-refractivity contribution in [1.29, 1.82) is 0 Å². The number of nitrogens with zero attached hydrogens (tertiary/aromatic N) is 3. The minimum absolute atomic E-state index is 0.0650. The zero-order valence-electron chi connectivity index (χ0n) is 12.1. The molecule has 0 saturated carbocycles. The molecule has 0 unspecified atom stereocenters. The average Bonchev–Trinajstić information content (AvgIpc) is 3.01. The number of hydrogen-bond donors (Lipinski definition) is 1. The average molecular weight is 288 g/mol. The van der Waals surface area contributed by atoms with Crippen LogP contribution in [-0.4, -0.2) is 27.6 Å². The van der Waals surface area contributed by atoms with Gasteiger partial charge in [-0.2, -0.15) is 5.10 Å². The third-order valence-electron chi connectivity index (χ3n) is 2.83. The highest BCUT2D eigenvalue weighted by molar-refractivity contribution is 5.84. The summed E-state index contributed by atoms with van der Waals surface area (Å²) in [6.07, 6.45) is 2.69. The van der Waals surface area contributed by atoms with E-state index in [9.17, 15) is 4.79 Å². The highest BCUT2D eigenvalue weighted by Gasteiger charge is 2.11. The molecule has 0 atom stereocenters. The molecule has 2 heterocycles. The largest absolute Gasteiger partial charge is 0.436 e. The molecule has 1 N–H and O–H groups in total. The van der Waals surface area contributed by atoms with Crippen molar-refractivity contribution in [2.45, 2.75) is 27.3 Å². The van der Waals surface area contributed by atoms with Crippen molar-refractivity contribution >= 4 is 11.8 Å². The van der Waals surface area contributed by atoms with Crippen LogP contribution in [0, 0.1) is 25.7 Å². The van der Waals surface area contributed by atoms with Gasteiger partial charge in [0, 0.05) is 11.8 Å². The van der Waals surface area contributed by atoms with Gasteiger partial charge in [-0.05, 0) is 20.8 Å². The van der Waals surface area contributed by atoms with E-state index in [1.165, 1.54) is 0 Å². The Morgan fingerprint density at radius 2 is 2.33 bits per heavy atom. The molecular formula is C14H16N4O3. The maximum Gasteiger partial charge on any atom is 0.412 e. The molecule has 110 valence electrons. The van der Waals surface area contributed by atoms with Crippen LogP contribution < -0.4 is 5.32 Å². The van der Waals surface area contributed by atoms with Crippen LogP contribution in [0.5, 0.6) is 0 Å². The van der Waals surface area contributed by atoms with E-state index in [0.717, 1.165) is 17.0 Å². The minimum Gasteiger partial charge on any atom is -0.436 e. The Bertz CT molecular complexity index is 671. The van der Waals surface area contributed by atoms with E-state index in [0.29, 0.717) is 12.2 Å². The fourth-order valence-corrected chi connectivity index (χ4v) is 1.73. The quantitative estimate of drug-likeness (QED) is 0.871. The van der Waals surface area contributed by atoms with Gasteiger partial charge in [0.05, 0.1) is 24.1 Å². The fourth-order valence-electron chi connectivity index (χ4n) is 1.73. The number of aromatic nitrogens is 3. The topological polar surface area (TPSA) is 82.2 Å². The Morgan fingerprint density at radius 3 is 3.00 bits per heavy atom. The lowest BCUT2D eigenvalue weighted by atomic mass is 10.2. The van der Waals surface area contributed by atoms with Gasteiger partial charge in [0.25, 0.3) is 0 Å². The molecular weight excluding hydrogens is 272 g/mol. The van der Waals surface area contributed by atoms with Crippen LogP contribution in [0.25, 0.3) is 0 Å². The van der Waals surface area contributed by atoms with Gasteiger partial charge in [0.15, 0.2) is 6.61 Å². The van der Waals surface area contributed by atoms with Crippen molar-refractivity contribution in [3.63, 3.8) is 0 Å². The van der Waals surface area contributed by atoms with E-state index in [-0.39, 0.29) is 6.61 Å². The molecule has 2 aromatic heterocycles. The van der Waals surface area contributed by atoms with Crippen LogP contribution >= 0.6 is 0 Å². The molecule has 7 nitrogen and oxygen atoms in total. The van der Waals surface area contributed by atoms with Gasteiger partial charge in [-0.1, -0.05) is 11.1 Å². The first kappa shape index (κ1) is 14.7. The lowest BCUT2D eigenvalue weighted by molar-refractivity contribution is 0.176.